The van der Waals surface area contributed by atoms with Crippen molar-refractivity contribution in [3.05, 3.63) is 71.0 Å². The van der Waals surface area contributed by atoms with Crippen molar-refractivity contribution < 1.29 is 37.1 Å². The average Bonchev–Trinajstić information content (AvgIpc) is 3.89. The van der Waals surface area contributed by atoms with Crippen molar-refractivity contribution >= 4 is 33.7 Å². The molecule has 4 atom stereocenters. The Morgan fingerprint density at radius 3 is 2.25 bits per heavy atom. The number of aryl methyl sites for hydroxylation is 2. The number of aromatic nitrogens is 2. The largest absolute Gasteiger partial charge is 0.497 e. The lowest BCUT2D eigenvalue weighted by Crippen LogP contribution is -2.58. The second-order valence-corrected chi connectivity index (χ2v) is 16.6. The molecule has 3 aromatic rings. The second kappa shape index (κ2) is 18.1. The average molecular weight is 780 g/mol. The summed E-state index contributed by atoms with van der Waals surface area (Å²) in [6, 6.07) is 9.87. The van der Waals surface area contributed by atoms with Crippen LogP contribution in [0.2, 0.25) is 0 Å². The van der Waals surface area contributed by atoms with Crippen molar-refractivity contribution in [3.63, 3.8) is 0 Å². The van der Waals surface area contributed by atoms with E-state index in [0.717, 1.165) is 12.8 Å². The zero-order chi connectivity index (χ0) is 39.9. The number of sulfonamides is 1. The van der Waals surface area contributed by atoms with E-state index in [1.165, 1.54) is 12.0 Å². The lowest BCUT2D eigenvalue weighted by molar-refractivity contribution is -0.140. The SMILES string of the molecule is COc1ccc(C[C@@H]2NC(=O)[C@@H](NS(=O)(=O)c3c(C)n[nH]c3C)Cc3ccc(cc3)OC[C@H](CC(C)C)NC(=O)CN(CC3CC3)C(=O)[C@@H](C)NC2=O)cc1. The highest BCUT2D eigenvalue weighted by atomic mass is 32.2. The Hall–Kier alpha value is -4.96. The van der Waals surface area contributed by atoms with Crippen molar-refractivity contribution in [3.8, 4) is 11.5 Å². The summed E-state index contributed by atoms with van der Waals surface area (Å²) in [4.78, 5) is 57.0. The van der Waals surface area contributed by atoms with Crippen LogP contribution in [0.5, 0.6) is 11.5 Å². The number of carbonyl (C=O) groups excluding carboxylic acids is 4. The van der Waals surface area contributed by atoms with Gasteiger partial charge in [0.1, 0.15) is 41.1 Å². The summed E-state index contributed by atoms with van der Waals surface area (Å²) in [6.45, 7) is 9.10. The minimum Gasteiger partial charge on any atom is -0.497 e. The Balaban J connectivity index is 1.51. The maximum absolute atomic E-state index is 14.2. The minimum absolute atomic E-state index is 0.0133. The predicted molar refractivity (Wildman–Crippen MR) is 205 cm³/mol. The number of nitrogens with zero attached hydrogens (tertiary/aromatic N) is 2. The third-order valence-electron chi connectivity index (χ3n) is 9.66. The number of hydrogen-bond acceptors (Lipinski definition) is 9. The van der Waals surface area contributed by atoms with Crippen LogP contribution in [-0.2, 0) is 42.0 Å². The number of ether oxygens (including phenoxy) is 2. The lowest BCUT2D eigenvalue weighted by atomic mass is 10.0. The van der Waals surface area contributed by atoms with E-state index in [9.17, 15) is 27.6 Å². The summed E-state index contributed by atoms with van der Waals surface area (Å²) in [5.74, 6) is -0.557. The third-order valence-corrected chi connectivity index (χ3v) is 11.4. The van der Waals surface area contributed by atoms with Crippen LogP contribution in [0.3, 0.4) is 0 Å². The molecule has 2 bridgehead atoms. The number of aromatic amines is 1. The molecule has 15 nitrogen and oxygen atoms in total. The summed E-state index contributed by atoms with van der Waals surface area (Å²) < 4.78 is 41.5. The first-order valence-corrected chi connectivity index (χ1v) is 20.2. The fourth-order valence-electron chi connectivity index (χ4n) is 6.68. The topological polar surface area (TPSA) is 201 Å². The summed E-state index contributed by atoms with van der Waals surface area (Å²) in [7, 11) is -2.74. The van der Waals surface area contributed by atoms with Crippen LogP contribution in [0.15, 0.2) is 53.4 Å². The highest BCUT2D eigenvalue weighted by Gasteiger charge is 2.35. The Labute approximate surface area is 322 Å². The van der Waals surface area contributed by atoms with Crippen LogP contribution in [0.25, 0.3) is 0 Å². The van der Waals surface area contributed by atoms with Crippen LogP contribution in [-0.4, -0.2) is 98.1 Å². The number of amides is 4. The summed E-state index contributed by atoms with van der Waals surface area (Å²) in [6.07, 6.45) is 2.45. The normalized spacial score (nSPS) is 22.1. The number of hydrogen-bond donors (Lipinski definition) is 5. The molecular weight excluding hydrogens is 727 g/mol. The monoisotopic (exact) mass is 779 g/mol. The van der Waals surface area contributed by atoms with Gasteiger partial charge in [0.2, 0.25) is 33.7 Å². The molecular formula is C39H53N7O8S. The lowest BCUT2D eigenvalue weighted by Gasteiger charge is -2.29. The molecule has 3 heterocycles. The molecule has 1 fully saturated rings. The van der Waals surface area contributed by atoms with Gasteiger partial charge in [-0.15, -0.1) is 0 Å². The molecule has 298 valence electrons. The minimum atomic E-state index is -4.28. The molecule has 6 rings (SSSR count). The first-order valence-electron chi connectivity index (χ1n) is 18.7. The molecule has 0 radical (unpaired) electrons. The quantitative estimate of drug-likeness (QED) is 0.192. The molecule has 2 aliphatic heterocycles. The van der Waals surface area contributed by atoms with Gasteiger partial charge < -0.3 is 30.3 Å². The van der Waals surface area contributed by atoms with E-state index < -0.39 is 45.9 Å². The molecule has 1 aromatic heterocycles. The van der Waals surface area contributed by atoms with Crippen LogP contribution in [0.4, 0.5) is 0 Å². The van der Waals surface area contributed by atoms with Gasteiger partial charge in [0.25, 0.3) is 0 Å². The molecule has 1 saturated carbocycles. The van der Waals surface area contributed by atoms with Gasteiger partial charge in [0.15, 0.2) is 0 Å². The third kappa shape index (κ3) is 11.5. The van der Waals surface area contributed by atoms with Crippen molar-refractivity contribution in [2.75, 3.05) is 26.8 Å². The number of rotatable bonds is 10. The number of methoxy groups -OCH3 is 1. The number of H-pyrrole nitrogens is 1. The molecule has 0 unspecified atom stereocenters. The van der Waals surface area contributed by atoms with Gasteiger partial charge in [-0.2, -0.15) is 9.82 Å². The maximum Gasteiger partial charge on any atom is 0.245 e. The van der Waals surface area contributed by atoms with Gasteiger partial charge in [-0.1, -0.05) is 38.1 Å². The van der Waals surface area contributed by atoms with Crippen molar-refractivity contribution in [1.29, 1.82) is 0 Å². The number of fused-ring (bicyclic) bond motifs is 17. The standard InChI is InChI=1S/C39H53N7O8S/c1-23(2)17-30-22-54-32-15-11-28(12-16-32)19-34(45-55(51,52)36-24(3)43-44-25(36)4)38(49)42-33(18-27-9-13-31(53-6)14-10-27)37(48)40-26(5)39(50)46(20-29-7-8-29)21-35(47)41-30/h9-16,23,26,29-30,33-34,45H,7-8,17-22H2,1-6H3,(H,40,48)(H,41,47)(H,42,49)(H,43,44)/t26-,30+,33+,34+/m1/s1. The number of benzene rings is 2. The fraction of sp³-hybridized carbons (Fsp3) is 0.513. The number of carbonyl (C=O) groups is 4. The zero-order valence-electron chi connectivity index (χ0n) is 32.3. The predicted octanol–water partition coefficient (Wildman–Crippen LogP) is 2.32. The first kappa shape index (κ1) is 41.2. The zero-order valence-corrected chi connectivity index (χ0v) is 33.1. The highest BCUT2D eigenvalue weighted by Crippen LogP contribution is 2.30. The summed E-state index contributed by atoms with van der Waals surface area (Å²) >= 11 is 0. The molecule has 5 N–H and O–H groups in total. The van der Waals surface area contributed by atoms with Gasteiger partial charge in [-0.25, -0.2) is 8.42 Å². The maximum atomic E-state index is 14.2. The number of nitrogens with one attached hydrogen (secondary N) is 5. The second-order valence-electron chi connectivity index (χ2n) is 15.0. The van der Waals surface area contributed by atoms with E-state index in [1.54, 1.807) is 69.3 Å². The molecule has 4 amide bonds. The van der Waals surface area contributed by atoms with E-state index in [-0.39, 0.29) is 60.4 Å². The Morgan fingerprint density at radius 1 is 0.964 bits per heavy atom. The van der Waals surface area contributed by atoms with Crippen LogP contribution >= 0.6 is 0 Å². The van der Waals surface area contributed by atoms with Crippen molar-refractivity contribution in [1.82, 2.24) is 35.8 Å². The van der Waals surface area contributed by atoms with Gasteiger partial charge in [0, 0.05) is 13.0 Å². The Kier molecular flexibility index (Phi) is 13.6. The fourth-order valence-corrected chi connectivity index (χ4v) is 8.25. The first-order chi connectivity index (χ1) is 26.1. The highest BCUT2D eigenvalue weighted by molar-refractivity contribution is 7.89. The van der Waals surface area contributed by atoms with E-state index in [4.69, 9.17) is 9.47 Å². The molecule has 0 spiro atoms. The van der Waals surface area contributed by atoms with Gasteiger partial charge in [0.05, 0.1) is 31.1 Å². The van der Waals surface area contributed by atoms with Crippen LogP contribution < -0.4 is 30.1 Å². The van der Waals surface area contributed by atoms with E-state index in [0.29, 0.717) is 41.3 Å². The summed E-state index contributed by atoms with van der Waals surface area (Å²) in [5, 5.41) is 15.3. The van der Waals surface area contributed by atoms with Crippen LogP contribution in [0.1, 0.15) is 62.5 Å². The van der Waals surface area contributed by atoms with Crippen LogP contribution in [0, 0.1) is 25.7 Å². The summed E-state index contributed by atoms with van der Waals surface area (Å²) in [5.41, 5.74) is 1.83. The van der Waals surface area contributed by atoms with E-state index in [1.807, 2.05) is 13.8 Å². The van der Waals surface area contributed by atoms with Crippen molar-refractivity contribution in [2.45, 2.75) is 95.8 Å². The van der Waals surface area contributed by atoms with Gasteiger partial charge in [-0.05, 0) is 93.7 Å². The molecule has 2 aromatic carbocycles. The molecule has 1 aliphatic carbocycles. The smallest absolute Gasteiger partial charge is 0.245 e. The Bertz CT molecular complexity index is 1910. The molecule has 0 saturated heterocycles. The van der Waals surface area contributed by atoms with Gasteiger partial charge in [-0.3, -0.25) is 24.3 Å². The van der Waals surface area contributed by atoms with E-state index in [2.05, 4.69) is 30.9 Å². The Morgan fingerprint density at radius 2 is 1.65 bits per heavy atom. The van der Waals surface area contributed by atoms with Crippen molar-refractivity contribution in [2.24, 2.45) is 11.8 Å². The molecule has 55 heavy (non-hydrogen) atoms. The van der Waals surface area contributed by atoms with E-state index >= 15 is 0 Å². The van der Waals surface area contributed by atoms with Gasteiger partial charge >= 0.3 is 0 Å². The molecule has 3 aliphatic rings. The molecule has 16 heteroatoms.